The maximum atomic E-state index is 12.9. The van der Waals surface area contributed by atoms with Gasteiger partial charge in [0.1, 0.15) is 21.8 Å². The topological polar surface area (TPSA) is 79.2 Å². The van der Waals surface area contributed by atoms with E-state index < -0.39 is 5.97 Å². The van der Waals surface area contributed by atoms with Crippen LogP contribution in [0.1, 0.15) is 33.3 Å². The fraction of sp³-hybridized carbons (Fsp3) is 0.235. The van der Waals surface area contributed by atoms with Crippen molar-refractivity contribution in [1.82, 2.24) is 0 Å². The summed E-state index contributed by atoms with van der Waals surface area (Å²) in [5, 5.41) is 12.2. The molecule has 0 atom stereocenters. The van der Waals surface area contributed by atoms with Crippen LogP contribution >= 0.6 is 11.3 Å². The van der Waals surface area contributed by atoms with E-state index in [1.165, 1.54) is 24.3 Å². The molecule has 0 aliphatic carbocycles. The molecule has 24 heavy (non-hydrogen) atoms. The van der Waals surface area contributed by atoms with E-state index in [0.717, 1.165) is 11.3 Å². The third kappa shape index (κ3) is 3.97. The number of halogens is 1. The first-order chi connectivity index (χ1) is 11.5. The van der Waals surface area contributed by atoms with Crippen LogP contribution in [0.2, 0.25) is 0 Å². The molecule has 0 saturated heterocycles. The summed E-state index contributed by atoms with van der Waals surface area (Å²) in [5.41, 5.74) is 1.37. The van der Waals surface area contributed by atoms with Gasteiger partial charge in [-0.2, -0.15) is 5.26 Å². The molecule has 0 saturated carbocycles. The summed E-state index contributed by atoms with van der Waals surface area (Å²) in [7, 11) is 0. The molecule has 0 bridgehead atoms. The first-order valence-electron chi connectivity index (χ1n) is 7.21. The van der Waals surface area contributed by atoms with Crippen molar-refractivity contribution < 1.29 is 18.7 Å². The normalized spacial score (nSPS) is 10.1. The molecule has 0 aliphatic rings. The van der Waals surface area contributed by atoms with E-state index in [4.69, 9.17) is 4.74 Å². The molecule has 124 valence electrons. The number of ether oxygens (including phenoxy) is 1. The van der Waals surface area contributed by atoms with Crippen LogP contribution in [-0.2, 0) is 16.0 Å². The van der Waals surface area contributed by atoms with Crippen molar-refractivity contribution in [2.75, 3.05) is 11.9 Å². The van der Waals surface area contributed by atoms with Crippen molar-refractivity contribution in [3.8, 4) is 6.07 Å². The average molecular weight is 346 g/mol. The van der Waals surface area contributed by atoms with Gasteiger partial charge in [0.25, 0.3) is 0 Å². The van der Waals surface area contributed by atoms with Crippen molar-refractivity contribution in [3.63, 3.8) is 0 Å². The zero-order chi connectivity index (χ0) is 17.7. The van der Waals surface area contributed by atoms with Gasteiger partial charge in [-0.15, -0.1) is 11.3 Å². The van der Waals surface area contributed by atoms with E-state index in [1.54, 1.807) is 13.8 Å². The number of carbonyl (C=O) groups excluding carboxylic acids is 2. The third-order valence-corrected chi connectivity index (χ3v) is 4.44. The van der Waals surface area contributed by atoms with Crippen LogP contribution in [0.3, 0.4) is 0 Å². The zero-order valence-electron chi connectivity index (χ0n) is 13.2. The van der Waals surface area contributed by atoms with Gasteiger partial charge in [0.2, 0.25) is 5.91 Å². The summed E-state index contributed by atoms with van der Waals surface area (Å²) >= 11 is 1.01. The Hall–Kier alpha value is -2.72. The summed E-state index contributed by atoms with van der Waals surface area (Å²) in [6, 6.07) is 7.58. The zero-order valence-corrected chi connectivity index (χ0v) is 14.0. The van der Waals surface area contributed by atoms with Gasteiger partial charge < -0.3 is 10.1 Å². The molecule has 1 amide bonds. The molecule has 0 fully saturated rings. The number of esters is 1. The Kier molecular flexibility index (Phi) is 5.66. The number of amides is 1. The third-order valence-electron chi connectivity index (χ3n) is 3.25. The number of rotatable bonds is 5. The number of thiophene rings is 1. The van der Waals surface area contributed by atoms with Crippen molar-refractivity contribution in [3.05, 3.63) is 51.7 Å². The molecular formula is C17H15FN2O3S. The molecule has 0 unspecified atom stereocenters. The molecule has 0 aliphatic heterocycles. The molecule has 7 heteroatoms. The van der Waals surface area contributed by atoms with Gasteiger partial charge in [0.15, 0.2) is 0 Å². The minimum atomic E-state index is -0.518. The number of hydrogen-bond acceptors (Lipinski definition) is 5. The highest BCUT2D eigenvalue weighted by atomic mass is 32.1. The van der Waals surface area contributed by atoms with Gasteiger partial charge in [-0.05, 0) is 37.1 Å². The van der Waals surface area contributed by atoms with E-state index in [9.17, 15) is 19.2 Å². The SMILES string of the molecule is CCOC(=O)c1sc(NC(=O)Cc2ccc(F)cc2)c(C#N)c1C. The Labute approximate surface area is 142 Å². The standard InChI is InChI=1S/C17H15FN2O3S/c1-3-23-17(22)15-10(2)13(9-19)16(24-15)20-14(21)8-11-4-6-12(18)7-5-11/h4-7H,3,8H2,1-2H3,(H,20,21). The summed E-state index contributed by atoms with van der Waals surface area (Å²) < 4.78 is 17.8. The van der Waals surface area contributed by atoms with Gasteiger partial charge in [-0.25, -0.2) is 9.18 Å². The Bertz CT molecular complexity index is 806. The summed E-state index contributed by atoms with van der Waals surface area (Å²) in [6.07, 6.45) is 0.0385. The van der Waals surface area contributed by atoms with Gasteiger partial charge in [0, 0.05) is 0 Å². The number of carbonyl (C=O) groups is 2. The smallest absolute Gasteiger partial charge is 0.348 e. The molecule has 1 heterocycles. The molecule has 5 nitrogen and oxygen atoms in total. The second kappa shape index (κ2) is 7.70. The predicted octanol–water partition coefficient (Wildman–Crippen LogP) is 3.43. The van der Waals surface area contributed by atoms with E-state index >= 15 is 0 Å². The summed E-state index contributed by atoms with van der Waals surface area (Å²) in [6.45, 7) is 3.55. The largest absolute Gasteiger partial charge is 0.462 e. The number of nitrogens with one attached hydrogen (secondary N) is 1. The Morgan fingerprint density at radius 3 is 2.58 bits per heavy atom. The van der Waals surface area contributed by atoms with Gasteiger partial charge in [-0.3, -0.25) is 4.79 Å². The van der Waals surface area contributed by atoms with Crippen molar-refractivity contribution in [2.24, 2.45) is 0 Å². The van der Waals surface area contributed by atoms with E-state index in [1.807, 2.05) is 6.07 Å². The molecule has 2 rings (SSSR count). The second-order valence-electron chi connectivity index (χ2n) is 4.94. The van der Waals surface area contributed by atoms with Crippen molar-refractivity contribution in [2.45, 2.75) is 20.3 Å². The van der Waals surface area contributed by atoms with Crippen LogP contribution in [0.5, 0.6) is 0 Å². The highest BCUT2D eigenvalue weighted by Crippen LogP contribution is 2.33. The van der Waals surface area contributed by atoms with Gasteiger partial charge in [0.05, 0.1) is 18.6 Å². The van der Waals surface area contributed by atoms with Crippen LogP contribution < -0.4 is 5.32 Å². The molecular weight excluding hydrogens is 331 g/mol. The fourth-order valence-electron chi connectivity index (χ4n) is 2.09. The van der Waals surface area contributed by atoms with Crippen LogP contribution in [0.15, 0.2) is 24.3 Å². The molecule has 2 aromatic rings. The quantitative estimate of drug-likeness (QED) is 0.841. The lowest BCUT2D eigenvalue weighted by Gasteiger charge is -2.03. The minimum Gasteiger partial charge on any atom is -0.462 e. The number of anilines is 1. The first-order valence-corrected chi connectivity index (χ1v) is 8.02. The average Bonchev–Trinajstić information content (AvgIpc) is 2.85. The highest BCUT2D eigenvalue weighted by Gasteiger charge is 2.22. The minimum absolute atomic E-state index is 0.0385. The van der Waals surface area contributed by atoms with E-state index in [-0.39, 0.29) is 30.3 Å². The Morgan fingerprint density at radius 2 is 2.00 bits per heavy atom. The number of benzene rings is 1. The first kappa shape index (κ1) is 17.6. The Morgan fingerprint density at radius 1 is 1.33 bits per heavy atom. The fourth-order valence-corrected chi connectivity index (χ4v) is 3.15. The van der Waals surface area contributed by atoms with Crippen LogP contribution in [0, 0.1) is 24.1 Å². The van der Waals surface area contributed by atoms with Crippen LogP contribution in [0.25, 0.3) is 0 Å². The maximum Gasteiger partial charge on any atom is 0.348 e. The van der Waals surface area contributed by atoms with Crippen LogP contribution in [0.4, 0.5) is 9.39 Å². The lowest BCUT2D eigenvalue weighted by atomic mass is 10.1. The van der Waals surface area contributed by atoms with Crippen molar-refractivity contribution >= 4 is 28.2 Å². The second-order valence-corrected chi connectivity index (χ2v) is 5.96. The maximum absolute atomic E-state index is 12.9. The van der Waals surface area contributed by atoms with E-state index in [2.05, 4.69) is 5.32 Å². The molecule has 1 aromatic heterocycles. The number of nitriles is 1. The highest BCUT2D eigenvalue weighted by molar-refractivity contribution is 7.18. The monoisotopic (exact) mass is 346 g/mol. The van der Waals surface area contributed by atoms with Crippen LogP contribution in [-0.4, -0.2) is 18.5 Å². The van der Waals surface area contributed by atoms with E-state index in [0.29, 0.717) is 21.0 Å². The summed E-state index contributed by atoms with van der Waals surface area (Å²) in [5.74, 6) is -1.25. The number of nitrogens with zero attached hydrogens (tertiary/aromatic N) is 1. The molecule has 1 aromatic carbocycles. The predicted molar refractivity (Wildman–Crippen MR) is 88.5 cm³/mol. The van der Waals surface area contributed by atoms with Crippen molar-refractivity contribution in [1.29, 1.82) is 5.26 Å². The lowest BCUT2D eigenvalue weighted by molar-refractivity contribution is -0.115. The Balaban J connectivity index is 2.18. The molecule has 1 N–H and O–H groups in total. The van der Waals surface area contributed by atoms with Gasteiger partial charge in [-0.1, -0.05) is 12.1 Å². The number of hydrogen-bond donors (Lipinski definition) is 1. The lowest BCUT2D eigenvalue weighted by Crippen LogP contribution is -2.14. The van der Waals surface area contributed by atoms with Gasteiger partial charge >= 0.3 is 5.97 Å². The molecule has 0 spiro atoms. The summed E-state index contributed by atoms with van der Waals surface area (Å²) in [4.78, 5) is 24.3. The molecule has 0 radical (unpaired) electrons.